The number of aliphatic hydroxyl groups excluding tert-OH is 2. The van der Waals surface area contributed by atoms with Gasteiger partial charge in [-0.25, -0.2) is 0 Å². The first-order chi connectivity index (χ1) is 15.4. The van der Waals surface area contributed by atoms with E-state index in [1.807, 2.05) is 6.07 Å². The van der Waals surface area contributed by atoms with Gasteiger partial charge in [0.15, 0.2) is 0 Å². The van der Waals surface area contributed by atoms with Crippen molar-refractivity contribution in [3.8, 4) is 0 Å². The predicted molar refractivity (Wildman–Crippen MR) is 122 cm³/mol. The van der Waals surface area contributed by atoms with Crippen molar-refractivity contribution >= 4 is 56.1 Å². The topological polar surface area (TPSA) is 159 Å². The second kappa shape index (κ2) is 7.26. The number of rotatable bonds is 5. The Morgan fingerprint density at radius 3 is 2.31 bits per heavy atom. The number of fused-ring (bicyclic) bond motifs is 2. The highest BCUT2D eigenvalue weighted by atomic mass is 16.3. The first kappa shape index (κ1) is 19.9. The van der Waals surface area contributed by atoms with Crippen molar-refractivity contribution in [1.29, 1.82) is 0 Å². The molecule has 0 saturated heterocycles. The lowest BCUT2D eigenvalue weighted by Gasteiger charge is -2.09. The highest BCUT2D eigenvalue weighted by Crippen LogP contribution is 2.39. The van der Waals surface area contributed by atoms with Crippen molar-refractivity contribution in [3.63, 3.8) is 0 Å². The minimum Gasteiger partial charge on any atom is -0.399 e. The van der Waals surface area contributed by atoms with Gasteiger partial charge in [0.25, 0.3) is 11.8 Å². The number of carbonyl (C=O) groups is 2. The molecule has 9 heteroatoms. The average Bonchev–Trinajstić information content (AvgIpc) is 3.40. The zero-order valence-corrected chi connectivity index (χ0v) is 16.9. The molecule has 8 N–H and O–H groups in total. The number of imide groups is 1. The summed E-state index contributed by atoms with van der Waals surface area (Å²) >= 11 is 0. The van der Waals surface area contributed by atoms with Crippen LogP contribution in [0.25, 0.3) is 33.0 Å². The number of hydrogen-bond donors (Lipinski definition) is 6. The van der Waals surface area contributed by atoms with Crippen molar-refractivity contribution in [3.05, 3.63) is 59.9 Å². The van der Waals surface area contributed by atoms with E-state index in [2.05, 4.69) is 10.3 Å². The number of amides is 2. The van der Waals surface area contributed by atoms with Crippen molar-refractivity contribution in [1.82, 2.24) is 14.9 Å². The third-order valence-corrected chi connectivity index (χ3v) is 5.70. The van der Waals surface area contributed by atoms with Gasteiger partial charge in [0, 0.05) is 56.7 Å². The standard InChI is InChI=1S/C23H21N5O4/c24-11-1-3-18-14(5-11)16(7-26-18)20-21(23(32)27-22(20)31)17-9-28(8-13(30)10-29)19-4-2-12(25)6-15(17)19/h1-7,9,13,26,29-30H,8,10,24-25H2,(H,27,31,32). The average molecular weight is 431 g/mol. The van der Waals surface area contributed by atoms with E-state index < -0.39 is 24.5 Å². The third-order valence-electron chi connectivity index (χ3n) is 5.70. The number of aromatic amines is 1. The summed E-state index contributed by atoms with van der Waals surface area (Å²) in [5.74, 6) is -1.03. The largest absolute Gasteiger partial charge is 0.399 e. The van der Waals surface area contributed by atoms with Crippen molar-refractivity contribution in [2.24, 2.45) is 0 Å². The summed E-state index contributed by atoms with van der Waals surface area (Å²) in [5, 5.41) is 23.0. The number of anilines is 2. The van der Waals surface area contributed by atoms with Crippen LogP contribution in [-0.2, 0) is 16.1 Å². The van der Waals surface area contributed by atoms with Gasteiger partial charge in [-0.3, -0.25) is 14.9 Å². The first-order valence-electron chi connectivity index (χ1n) is 10.0. The third kappa shape index (κ3) is 3.03. The normalized spacial score (nSPS) is 15.2. The highest BCUT2D eigenvalue weighted by Gasteiger charge is 2.35. The second-order valence-corrected chi connectivity index (χ2v) is 7.85. The van der Waals surface area contributed by atoms with Crippen LogP contribution in [-0.4, -0.2) is 44.3 Å². The molecular formula is C23H21N5O4. The molecule has 4 aromatic rings. The Bertz CT molecular complexity index is 1450. The molecule has 1 atom stereocenters. The SMILES string of the molecule is Nc1ccc2[nH]cc(C3=C(c4cn(CC(O)CO)c5ccc(N)cc45)C(=O)NC3=O)c2c1. The maximum atomic E-state index is 13.0. The summed E-state index contributed by atoms with van der Waals surface area (Å²) < 4.78 is 1.74. The van der Waals surface area contributed by atoms with E-state index in [-0.39, 0.29) is 17.7 Å². The molecule has 0 radical (unpaired) electrons. The maximum Gasteiger partial charge on any atom is 0.259 e. The molecule has 1 aliphatic heterocycles. The van der Waals surface area contributed by atoms with Gasteiger partial charge in [-0.15, -0.1) is 0 Å². The van der Waals surface area contributed by atoms with Crippen LogP contribution < -0.4 is 16.8 Å². The number of nitrogens with one attached hydrogen (secondary N) is 2. The number of carbonyl (C=O) groups excluding carboxylic acids is 2. The molecule has 162 valence electrons. The first-order valence-corrected chi connectivity index (χ1v) is 10.0. The fraction of sp³-hybridized carbons (Fsp3) is 0.130. The van der Waals surface area contributed by atoms with Gasteiger partial charge in [0.05, 0.1) is 30.4 Å². The Kier molecular flexibility index (Phi) is 4.50. The molecule has 5 rings (SSSR count). The molecule has 32 heavy (non-hydrogen) atoms. The summed E-state index contributed by atoms with van der Waals surface area (Å²) in [6, 6.07) is 10.5. The number of H-pyrrole nitrogens is 1. The number of aromatic nitrogens is 2. The Balaban J connectivity index is 1.80. The van der Waals surface area contributed by atoms with E-state index in [4.69, 9.17) is 11.5 Å². The summed E-state index contributed by atoms with van der Waals surface area (Å²) in [5.41, 5.74) is 16.0. The van der Waals surface area contributed by atoms with Crippen LogP contribution in [0.4, 0.5) is 11.4 Å². The van der Waals surface area contributed by atoms with E-state index in [1.165, 1.54) is 0 Å². The number of nitrogens with zero attached hydrogens (tertiary/aromatic N) is 1. The number of benzene rings is 2. The van der Waals surface area contributed by atoms with Crippen molar-refractivity contribution in [2.75, 3.05) is 18.1 Å². The van der Waals surface area contributed by atoms with Gasteiger partial charge in [0.1, 0.15) is 0 Å². The van der Waals surface area contributed by atoms with E-state index in [1.54, 1.807) is 47.3 Å². The van der Waals surface area contributed by atoms with Crippen LogP contribution >= 0.6 is 0 Å². The predicted octanol–water partition coefficient (Wildman–Crippen LogP) is 1.21. The monoisotopic (exact) mass is 431 g/mol. The van der Waals surface area contributed by atoms with Gasteiger partial charge in [-0.05, 0) is 36.4 Å². The van der Waals surface area contributed by atoms with E-state index in [0.29, 0.717) is 33.4 Å². The van der Waals surface area contributed by atoms with Gasteiger partial charge >= 0.3 is 0 Å². The van der Waals surface area contributed by atoms with Crippen LogP contribution in [0.15, 0.2) is 48.8 Å². The van der Waals surface area contributed by atoms with Gasteiger partial charge in [-0.2, -0.15) is 0 Å². The molecular weight excluding hydrogens is 410 g/mol. The number of hydrogen-bond acceptors (Lipinski definition) is 6. The molecule has 1 aliphatic rings. The lowest BCUT2D eigenvalue weighted by atomic mass is 9.95. The summed E-state index contributed by atoms with van der Waals surface area (Å²) in [6.07, 6.45) is 2.39. The van der Waals surface area contributed by atoms with Crippen LogP contribution in [0.3, 0.4) is 0 Å². The smallest absolute Gasteiger partial charge is 0.259 e. The highest BCUT2D eigenvalue weighted by molar-refractivity contribution is 6.50. The van der Waals surface area contributed by atoms with E-state index >= 15 is 0 Å². The summed E-state index contributed by atoms with van der Waals surface area (Å²) in [7, 11) is 0. The Hall–Kier alpha value is -4.08. The van der Waals surface area contributed by atoms with Crippen LogP contribution in [0.5, 0.6) is 0 Å². The second-order valence-electron chi connectivity index (χ2n) is 7.85. The van der Waals surface area contributed by atoms with Crippen LogP contribution in [0.2, 0.25) is 0 Å². The zero-order valence-electron chi connectivity index (χ0n) is 16.9. The molecule has 0 bridgehead atoms. The molecule has 0 saturated carbocycles. The lowest BCUT2D eigenvalue weighted by Crippen LogP contribution is -2.22. The van der Waals surface area contributed by atoms with Gasteiger partial charge < -0.3 is 31.2 Å². The van der Waals surface area contributed by atoms with Gasteiger partial charge in [-0.1, -0.05) is 0 Å². The lowest BCUT2D eigenvalue weighted by molar-refractivity contribution is -0.122. The van der Waals surface area contributed by atoms with Crippen molar-refractivity contribution < 1.29 is 19.8 Å². The Morgan fingerprint density at radius 2 is 1.59 bits per heavy atom. The Morgan fingerprint density at radius 1 is 0.938 bits per heavy atom. The quantitative estimate of drug-likeness (QED) is 0.206. The van der Waals surface area contributed by atoms with E-state index in [0.717, 1.165) is 10.9 Å². The molecule has 9 nitrogen and oxygen atoms in total. The molecule has 2 aromatic carbocycles. The Labute approximate surface area is 181 Å². The molecule has 2 aromatic heterocycles. The summed E-state index contributed by atoms with van der Waals surface area (Å²) in [6.45, 7) is -0.299. The maximum absolute atomic E-state index is 13.0. The van der Waals surface area contributed by atoms with Gasteiger partial charge in [0.2, 0.25) is 0 Å². The fourth-order valence-corrected chi connectivity index (χ4v) is 4.26. The minimum absolute atomic E-state index is 0.110. The van der Waals surface area contributed by atoms with Crippen LogP contribution in [0.1, 0.15) is 11.1 Å². The number of aliphatic hydroxyl groups is 2. The number of nitrogens with two attached hydrogens (primary N) is 2. The zero-order chi connectivity index (χ0) is 22.6. The molecule has 0 spiro atoms. The molecule has 1 unspecified atom stereocenters. The fourth-order valence-electron chi connectivity index (χ4n) is 4.26. The molecule has 3 heterocycles. The minimum atomic E-state index is -0.986. The number of nitrogen functional groups attached to an aromatic ring is 2. The molecule has 0 aliphatic carbocycles. The van der Waals surface area contributed by atoms with E-state index in [9.17, 15) is 19.8 Å². The molecule has 2 amide bonds. The van der Waals surface area contributed by atoms with Crippen molar-refractivity contribution in [2.45, 2.75) is 12.6 Å². The molecule has 0 fully saturated rings. The van der Waals surface area contributed by atoms with Crippen LogP contribution in [0, 0.1) is 0 Å². The summed E-state index contributed by atoms with van der Waals surface area (Å²) in [4.78, 5) is 29.0.